The number of carbonyl (C=O) groups excluding carboxylic acids is 1. The second-order valence-corrected chi connectivity index (χ2v) is 4.33. The Morgan fingerprint density at radius 3 is 2.37 bits per heavy atom. The molecule has 0 amide bonds. The molecule has 0 heterocycles. The molecule has 2 aromatic rings. The van der Waals surface area contributed by atoms with E-state index in [2.05, 4.69) is 0 Å². The zero-order valence-electron chi connectivity index (χ0n) is 11.1. The molecular formula is C16H16FNO. The lowest BCUT2D eigenvalue weighted by atomic mass is 10.1. The van der Waals surface area contributed by atoms with Crippen molar-refractivity contribution >= 4 is 17.2 Å². The van der Waals surface area contributed by atoms with Gasteiger partial charge in [-0.05, 0) is 36.4 Å². The third-order valence-corrected chi connectivity index (χ3v) is 3.10. The van der Waals surface area contributed by atoms with Crippen LogP contribution in [-0.4, -0.2) is 12.8 Å². The van der Waals surface area contributed by atoms with Gasteiger partial charge in [-0.3, -0.25) is 4.79 Å². The van der Waals surface area contributed by atoms with Crippen molar-refractivity contribution in [2.24, 2.45) is 0 Å². The van der Waals surface area contributed by atoms with Crippen molar-refractivity contribution in [3.63, 3.8) is 0 Å². The largest absolute Gasteiger partial charge is 0.344 e. The van der Waals surface area contributed by atoms with E-state index in [9.17, 15) is 9.18 Å². The quantitative estimate of drug-likeness (QED) is 0.765. The highest BCUT2D eigenvalue weighted by Gasteiger charge is 2.13. The summed E-state index contributed by atoms with van der Waals surface area (Å²) in [6, 6.07) is 13.7. The molecule has 0 aliphatic carbocycles. The number of rotatable bonds is 4. The summed E-state index contributed by atoms with van der Waals surface area (Å²) in [5.74, 6) is -0.167. The summed E-state index contributed by atoms with van der Waals surface area (Å²) >= 11 is 0. The highest BCUT2D eigenvalue weighted by atomic mass is 19.1. The molecule has 19 heavy (non-hydrogen) atoms. The van der Waals surface area contributed by atoms with E-state index in [1.807, 2.05) is 43.1 Å². The van der Waals surface area contributed by atoms with Crippen LogP contribution in [0.3, 0.4) is 0 Å². The van der Waals surface area contributed by atoms with Crippen molar-refractivity contribution in [3.8, 4) is 0 Å². The zero-order chi connectivity index (χ0) is 13.8. The molecule has 0 aromatic heterocycles. The van der Waals surface area contributed by atoms with E-state index in [1.54, 1.807) is 12.1 Å². The third kappa shape index (κ3) is 2.81. The van der Waals surface area contributed by atoms with Crippen LogP contribution in [-0.2, 0) is 0 Å². The first-order valence-electron chi connectivity index (χ1n) is 6.25. The molecular weight excluding hydrogens is 241 g/mol. The first-order valence-corrected chi connectivity index (χ1v) is 6.25. The summed E-state index contributed by atoms with van der Waals surface area (Å²) in [5, 5.41) is 0. The van der Waals surface area contributed by atoms with E-state index in [0.29, 0.717) is 12.0 Å². The minimum Gasteiger partial charge on any atom is -0.344 e. The van der Waals surface area contributed by atoms with Crippen molar-refractivity contribution in [3.05, 3.63) is 59.9 Å². The maximum Gasteiger partial charge on any atom is 0.164 e. The Morgan fingerprint density at radius 2 is 1.74 bits per heavy atom. The predicted octanol–water partition coefficient (Wildman–Crippen LogP) is 4.19. The van der Waals surface area contributed by atoms with Crippen LogP contribution >= 0.6 is 0 Å². The zero-order valence-corrected chi connectivity index (χ0v) is 11.1. The molecule has 0 atom stereocenters. The van der Waals surface area contributed by atoms with Crippen molar-refractivity contribution in [2.75, 3.05) is 11.9 Å². The van der Waals surface area contributed by atoms with Gasteiger partial charge in [0.25, 0.3) is 0 Å². The fourth-order valence-electron chi connectivity index (χ4n) is 2.00. The Hall–Kier alpha value is -2.16. The Bertz CT molecular complexity index is 578. The lowest BCUT2D eigenvalue weighted by Gasteiger charge is -2.22. The molecule has 0 bridgehead atoms. The van der Waals surface area contributed by atoms with Gasteiger partial charge < -0.3 is 4.90 Å². The van der Waals surface area contributed by atoms with Crippen molar-refractivity contribution in [1.82, 2.24) is 0 Å². The van der Waals surface area contributed by atoms with Gasteiger partial charge >= 0.3 is 0 Å². The van der Waals surface area contributed by atoms with Crippen molar-refractivity contribution < 1.29 is 9.18 Å². The maximum atomic E-state index is 12.9. The van der Waals surface area contributed by atoms with Gasteiger partial charge in [0.1, 0.15) is 5.82 Å². The first kappa shape index (κ1) is 13.3. The van der Waals surface area contributed by atoms with Gasteiger partial charge in [0, 0.05) is 24.7 Å². The molecule has 0 aliphatic rings. The Balaban J connectivity index is 2.41. The minimum atomic E-state index is -0.268. The van der Waals surface area contributed by atoms with Crippen molar-refractivity contribution in [2.45, 2.75) is 13.3 Å². The number of hydrogen-bond acceptors (Lipinski definition) is 2. The first-order chi connectivity index (χ1) is 9.13. The average molecular weight is 257 g/mol. The number of halogens is 1. The number of benzene rings is 2. The van der Waals surface area contributed by atoms with Crippen LogP contribution in [0.15, 0.2) is 48.5 Å². The summed E-state index contributed by atoms with van der Waals surface area (Å²) in [6.45, 7) is 1.84. The average Bonchev–Trinajstić information content (AvgIpc) is 2.46. The molecule has 0 unspecified atom stereocenters. The Labute approximate surface area is 112 Å². The predicted molar refractivity (Wildman–Crippen MR) is 75.5 cm³/mol. The molecule has 0 fully saturated rings. The molecule has 98 valence electrons. The molecule has 0 saturated heterocycles. The van der Waals surface area contributed by atoms with E-state index in [1.165, 1.54) is 12.1 Å². The van der Waals surface area contributed by atoms with Gasteiger partial charge in [0.15, 0.2) is 5.78 Å². The standard InChI is InChI=1S/C16H16FNO/c1-3-16(19)14-6-4-5-7-15(14)18(2)13-10-8-12(17)9-11-13/h4-11H,3H2,1-2H3. The van der Waals surface area contributed by atoms with E-state index in [-0.39, 0.29) is 11.6 Å². The number of anilines is 2. The fourth-order valence-corrected chi connectivity index (χ4v) is 2.00. The summed E-state index contributed by atoms with van der Waals surface area (Å²) in [6.07, 6.45) is 0.467. The molecule has 0 N–H and O–H groups in total. The van der Waals surface area contributed by atoms with Crippen molar-refractivity contribution in [1.29, 1.82) is 0 Å². The molecule has 0 saturated carbocycles. The van der Waals surface area contributed by atoms with E-state index in [0.717, 1.165) is 11.4 Å². The highest BCUT2D eigenvalue weighted by Crippen LogP contribution is 2.27. The van der Waals surface area contributed by atoms with Crippen LogP contribution in [0.2, 0.25) is 0 Å². The summed E-state index contributed by atoms with van der Waals surface area (Å²) < 4.78 is 12.9. The number of para-hydroxylation sites is 1. The molecule has 2 rings (SSSR count). The monoisotopic (exact) mass is 257 g/mol. The number of nitrogens with zero attached hydrogens (tertiary/aromatic N) is 1. The SMILES string of the molecule is CCC(=O)c1ccccc1N(C)c1ccc(F)cc1. The van der Waals surface area contributed by atoms with Crippen LogP contribution in [0, 0.1) is 5.82 Å². The van der Waals surface area contributed by atoms with Crippen LogP contribution in [0.5, 0.6) is 0 Å². The molecule has 0 aliphatic heterocycles. The normalized spacial score (nSPS) is 10.3. The number of ketones is 1. The van der Waals surface area contributed by atoms with Gasteiger partial charge in [-0.1, -0.05) is 19.1 Å². The second-order valence-electron chi connectivity index (χ2n) is 4.33. The van der Waals surface area contributed by atoms with Gasteiger partial charge in [-0.2, -0.15) is 0 Å². The lowest BCUT2D eigenvalue weighted by Crippen LogP contribution is -2.13. The third-order valence-electron chi connectivity index (χ3n) is 3.10. The summed E-state index contributed by atoms with van der Waals surface area (Å²) in [7, 11) is 1.87. The smallest absolute Gasteiger partial charge is 0.164 e. The van der Waals surface area contributed by atoms with Crippen LogP contribution in [0.25, 0.3) is 0 Å². The highest BCUT2D eigenvalue weighted by molar-refractivity contribution is 6.01. The second kappa shape index (κ2) is 5.65. The number of carbonyl (C=O) groups is 1. The maximum absolute atomic E-state index is 12.9. The van der Waals surface area contributed by atoms with Crippen LogP contribution < -0.4 is 4.90 Å². The fraction of sp³-hybridized carbons (Fsp3) is 0.188. The van der Waals surface area contributed by atoms with E-state index < -0.39 is 0 Å². The molecule has 0 spiro atoms. The molecule has 3 heteroatoms. The van der Waals surface area contributed by atoms with Crippen LogP contribution in [0.1, 0.15) is 23.7 Å². The lowest BCUT2D eigenvalue weighted by molar-refractivity contribution is 0.0988. The Morgan fingerprint density at radius 1 is 1.11 bits per heavy atom. The van der Waals surface area contributed by atoms with Gasteiger partial charge in [0.05, 0.1) is 5.69 Å². The molecule has 2 nitrogen and oxygen atoms in total. The molecule has 2 aromatic carbocycles. The van der Waals surface area contributed by atoms with Gasteiger partial charge in [0.2, 0.25) is 0 Å². The number of hydrogen-bond donors (Lipinski definition) is 0. The van der Waals surface area contributed by atoms with Gasteiger partial charge in [-0.15, -0.1) is 0 Å². The topological polar surface area (TPSA) is 20.3 Å². The Kier molecular flexibility index (Phi) is 3.95. The van der Waals surface area contributed by atoms with Crippen LogP contribution in [0.4, 0.5) is 15.8 Å². The minimum absolute atomic E-state index is 0.101. The summed E-state index contributed by atoms with van der Waals surface area (Å²) in [5.41, 5.74) is 2.37. The molecule has 0 radical (unpaired) electrons. The van der Waals surface area contributed by atoms with Gasteiger partial charge in [-0.25, -0.2) is 4.39 Å². The summed E-state index contributed by atoms with van der Waals surface area (Å²) in [4.78, 5) is 13.8. The number of Topliss-reactive ketones (excluding diaryl/α,β-unsaturated/α-hetero) is 1. The van der Waals surface area contributed by atoms with E-state index >= 15 is 0 Å². The van der Waals surface area contributed by atoms with E-state index in [4.69, 9.17) is 0 Å².